The summed E-state index contributed by atoms with van der Waals surface area (Å²) in [7, 11) is 0. The molecule has 1 N–H and O–H groups in total. The number of hydrogen-bond acceptors (Lipinski definition) is 4. The molecule has 20 heavy (non-hydrogen) atoms. The topological polar surface area (TPSA) is 51.2 Å². The number of furan rings is 1. The molecule has 104 valence electrons. The average molecular weight is 270 g/mol. The van der Waals surface area contributed by atoms with E-state index in [1.165, 1.54) is 0 Å². The molecule has 0 aliphatic heterocycles. The van der Waals surface area contributed by atoms with Gasteiger partial charge < -0.3 is 14.3 Å². The van der Waals surface area contributed by atoms with Gasteiger partial charge in [0.05, 0.1) is 5.69 Å². The molecule has 0 unspecified atom stereocenters. The van der Waals surface area contributed by atoms with E-state index in [1.807, 2.05) is 36.4 Å². The number of nitrogens with one attached hydrogen (secondary N) is 1. The summed E-state index contributed by atoms with van der Waals surface area (Å²) in [5.74, 6) is 1.37. The van der Waals surface area contributed by atoms with Crippen LogP contribution in [0.25, 0.3) is 22.5 Å². The summed E-state index contributed by atoms with van der Waals surface area (Å²) in [6, 6.07) is 11.8. The van der Waals surface area contributed by atoms with Crippen LogP contribution in [0.3, 0.4) is 0 Å². The fraction of sp³-hybridized carbons (Fsp3) is 0.312. The number of hydrogen-bond donors (Lipinski definition) is 1. The van der Waals surface area contributed by atoms with Crippen molar-refractivity contribution in [3.8, 4) is 11.5 Å². The molecule has 0 fully saturated rings. The van der Waals surface area contributed by atoms with Gasteiger partial charge in [-0.3, -0.25) is 0 Å². The normalized spacial score (nSPS) is 12.2. The monoisotopic (exact) mass is 270 g/mol. The van der Waals surface area contributed by atoms with Crippen molar-refractivity contribution in [1.82, 2.24) is 10.5 Å². The van der Waals surface area contributed by atoms with E-state index in [1.54, 1.807) is 0 Å². The summed E-state index contributed by atoms with van der Waals surface area (Å²) in [5, 5.41) is 8.51. The van der Waals surface area contributed by atoms with Crippen molar-refractivity contribution in [1.29, 1.82) is 0 Å². The molecule has 3 rings (SSSR count). The maximum atomic E-state index is 5.76. The van der Waals surface area contributed by atoms with E-state index in [2.05, 4.69) is 31.2 Å². The lowest BCUT2D eigenvalue weighted by Crippen LogP contribution is -2.35. The molecular formula is C16H18N2O2. The first kappa shape index (κ1) is 12.9. The highest BCUT2D eigenvalue weighted by Gasteiger charge is 2.14. The Kier molecular flexibility index (Phi) is 3.10. The van der Waals surface area contributed by atoms with Crippen LogP contribution in [0.5, 0.6) is 0 Å². The number of para-hydroxylation sites is 1. The molecule has 4 heteroatoms. The summed E-state index contributed by atoms with van der Waals surface area (Å²) in [6.07, 6.45) is 0. The Hall–Kier alpha value is -2.07. The number of benzene rings is 1. The maximum absolute atomic E-state index is 5.76. The molecule has 0 saturated heterocycles. The van der Waals surface area contributed by atoms with Gasteiger partial charge in [0.1, 0.15) is 5.58 Å². The highest BCUT2D eigenvalue weighted by Crippen LogP contribution is 2.28. The first-order valence-electron chi connectivity index (χ1n) is 6.71. The van der Waals surface area contributed by atoms with E-state index in [4.69, 9.17) is 8.94 Å². The fourth-order valence-electron chi connectivity index (χ4n) is 1.97. The zero-order valence-corrected chi connectivity index (χ0v) is 11.9. The lowest BCUT2D eigenvalue weighted by molar-refractivity contribution is 0.388. The van der Waals surface area contributed by atoms with E-state index in [0.29, 0.717) is 18.1 Å². The summed E-state index contributed by atoms with van der Waals surface area (Å²) in [6.45, 7) is 7.03. The molecule has 2 aromatic heterocycles. The Balaban J connectivity index is 1.82. The van der Waals surface area contributed by atoms with Crippen LogP contribution in [-0.4, -0.2) is 10.7 Å². The zero-order chi connectivity index (χ0) is 14.2. The molecule has 0 aliphatic carbocycles. The summed E-state index contributed by atoms with van der Waals surface area (Å²) >= 11 is 0. The van der Waals surface area contributed by atoms with Crippen LogP contribution in [0, 0.1) is 0 Å². The van der Waals surface area contributed by atoms with Crippen LogP contribution in [0.1, 0.15) is 26.5 Å². The van der Waals surface area contributed by atoms with Crippen LogP contribution in [0.4, 0.5) is 0 Å². The first-order chi connectivity index (χ1) is 9.51. The second kappa shape index (κ2) is 4.80. The summed E-state index contributed by atoms with van der Waals surface area (Å²) in [4.78, 5) is 0. The van der Waals surface area contributed by atoms with E-state index in [0.717, 1.165) is 16.7 Å². The molecule has 3 aromatic rings. The minimum atomic E-state index is 0.0540. The molecule has 0 aliphatic rings. The molecule has 1 aromatic carbocycles. The first-order valence-corrected chi connectivity index (χ1v) is 6.71. The van der Waals surface area contributed by atoms with Crippen molar-refractivity contribution in [2.24, 2.45) is 0 Å². The largest absolute Gasteiger partial charge is 0.453 e. The van der Waals surface area contributed by atoms with Crippen LogP contribution in [0.2, 0.25) is 0 Å². The van der Waals surface area contributed by atoms with Crippen molar-refractivity contribution in [3.05, 3.63) is 42.1 Å². The van der Waals surface area contributed by atoms with Gasteiger partial charge in [0.25, 0.3) is 0 Å². The molecule has 0 bridgehead atoms. The van der Waals surface area contributed by atoms with E-state index >= 15 is 0 Å². The Bertz CT molecular complexity index is 686. The quantitative estimate of drug-likeness (QED) is 0.782. The van der Waals surface area contributed by atoms with Gasteiger partial charge in [-0.15, -0.1) is 0 Å². The van der Waals surface area contributed by atoms with E-state index in [9.17, 15) is 0 Å². The van der Waals surface area contributed by atoms with Crippen LogP contribution >= 0.6 is 0 Å². The Labute approximate surface area is 117 Å². The molecule has 2 heterocycles. The fourth-order valence-corrected chi connectivity index (χ4v) is 1.97. The average Bonchev–Trinajstić information content (AvgIpc) is 3.01. The number of nitrogens with zero attached hydrogens (tertiary/aromatic N) is 1. The third-order valence-corrected chi connectivity index (χ3v) is 3.03. The lowest BCUT2D eigenvalue weighted by atomic mass is 10.1. The molecule has 4 nitrogen and oxygen atoms in total. The SMILES string of the molecule is CC(C)(C)NCc1cc(-c2cc3ccccc3o2)on1. The van der Waals surface area contributed by atoms with Gasteiger partial charge >= 0.3 is 0 Å². The van der Waals surface area contributed by atoms with Gasteiger partial charge in [-0.2, -0.15) is 0 Å². The van der Waals surface area contributed by atoms with Crippen molar-refractivity contribution in [2.75, 3.05) is 0 Å². The Morgan fingerprint density at radius 3 is 2.65 bits per heavy atom. The number of aromatic nitrogens is 1. The van der Waals surface area contributed by atoms with Crippen molar-refractivity contribution in [3.63, 3.8) is 0 Å². The Morgan fingerprint density at radius 1 is 1.10 bits per heavy atom. The molecule has 0 atom stereocenters. The van der Waals surface area contributed by atoms with Crippen molar-refractivity contribution < 1.29 is 8.94 Å². The zero-order valence-electron chi connectivity index (χ0n) is 11.9. The third kappa shape index (κ3) is 2.75. The van der Waals surface area contributed by atoms with Gasteiger partial charge in [-0.1, -0.05) is 23.4 Å². The second-order valence-corrected chi connectivity index (χ2v) is 5.93. The predicted molar refractivity (Wildman–Crippen MR) is 78.3 cm³/mol. The van der Waals surface area contributed by atoms with Gasteiger partial charge in [0.2, 0.25) is 5.76 Å². The maximum Gasteiger partial charge on any atom is 0.202 e. The minimum Gasteiger partial charge on any atom is -0.453 e. The van der Waals surface area contributed by atoms with E-state index in [-0.39, 0.29) is 5.54 Å². The van der Waals surface area contributed by atoms with Gasteiger partial charge in [-0.05, 0) is 32.9 Å². The van der Waals surface area contributed by atoms with Crippen LogP contribution in [-0.2, 0) is 6.54 Å². The summed E-state index contributed by atoms with van der Waals surface area (Å²) < 4.78 is 11.1. The lowest BCUT2D eigenvalue weighted by Gasteiger charge is -2.19. The molecular weight excluding hydrogens is 252 g/mol. The Morgan fingerprint density at radius 2 is 1.90 bits per heavy atom. The highest BCUT2D eigenvalue weighted by molar-refractivity contribution is 5.81. The van der Waals surface area contributed by atoms with Crippen molar-refractivity contribution in [2.45, 2.75) is 32.9 Å². The smallest absolute Gasteiger partial charge is 0.202 e. The predicted octanol–water partition coefficient (Wildman–Crippen LogP) is 3.98. The molecule has 0 spiro atoms. The molecule has 0 radical (unpaired) electrons. The van der Waals surface area contributed by atoms with Crippen LogP contribution in [0.15, 0.2) is 45.3 Å². The minimum absolute atomic E-state index is 0.0540. The number of fused-ring (bicyclic) bond motifs is 1. The van der Waals surface area contributed by atoms with Crippen LogP contribution < -0.4 is 5.32 Å². The van der Waals surface area contributed by atoms with Crippen molar-refractivity contribution >= 4 is 11.0 Å². The summed E-state index contributed by atoms with van der Waals surface area (Å²) in [5.41, 5.74) is 1.78. The third-order valence-electron chi connectivity index (χ3n) is 3.03. The van der Waals surface area contributed by atoms with Gasteiger partial charge in [-0.25, -0.2) is 0 Å². The van der Waals surface area contributed by atoms with E-state index < -0.39 is 0 Å². The van der Waals surface area contributed by atoms with Gasteiger partial charge in [0, 0.05) is 23.5 Å². The number of rotatable bonds is 3. The second-order valence-electron chi connectivity index (χ2n) is 5.93. The molecule has 0 saturated carbocycles. The van der Waals surface area contributed by atoms with Gasteiger partial charge in [0.15, 0.2) is 5.76 Å². The highest BCUT2D eigenvalue weighted by atomic mass is 16.5. The standard InChI is InChI=1S/C16H18N2O2/c1-16(2,3)17-10-12-9-15(20-18-12)14-8-11-6-4-5-7-13(11)19-14/h4-9,17H,10H2,1-3H3. The molecule has 0 amide bonds.